The van der Waals surface area contributed by atoms with Crippen molar-refractivity contribution in [2.45, 2.75) is 58.4 Å². The second kappa shape index (κ2) is 8.52. The summed E-state index contributed by atoms with van der Waals surface area (Å²) < 4.78 is 4.97. The highest BCUT2D eigenvalue weighted by atomic mass is 16.6. The summed E-state index contributed by atoms with van der Waals surface area (Å²) in [7, 11) is 0. The molecule has 28 heavy (non-hydrogen) atoms. The van der Waals surface area contributed by atoms with E-state index in [4.69, 9.17) is 10.5 Å². The van der Waals surface area contributed by atoms with Crippen LogP contribution in [0.25, 0.3) is 0 Å². The summed E-state index contributed by atoms with van der Waals surface area (Å²) in [6.07, 6.45) is 8.20. The molecule has 3 N–H and O–H groups in total. The molecule has 4 aliphatic carbocycles. The summed E-state index contributed by atoms with van der Waals surface area (Å²) in [5, 5.41) is 12.5. The summed E-state index contributed by atoms with van der Waals surface area (Å²) >= 11 is 0. The number of nitriles is 1. The zero-order chi connectivity index (χ0) is 20.3. The van der Waals surface area contributed by atoms with Crippen molar-refractivity contribution in [2.75, 3.05) is 19.7 Å². The van der Waals surface area contributed by atoms with E-state index in [0.717, 1.165) is 17.8 Å². The molecule has 0 aliphatic heterocycles. The average molecular weight is 389 g/mol. The van der Waals surface area contributed by atoms with Gasteiger partial charge in [0.05, 0.1) is 6.61 Å². The lowest BCUT2D eigenvalue weighted by Gasteiger charge is -2.59. The van der Waals surface area contributed by atoms with E-state index in [1.165, 1.54) is 49.6 Å². The fourth-order valence-electron chi connectivity index (χ4n) is 5.98. The highest BCUT2D eigenvalue weighted by molar-refractivity contribution is 5.97. The van der Waals surface area contributed by atoms with Gasteiger partial charge < -0.3 is 15.8 Å². The first kappa shape index (κ1) is 20.7. The summed E-state index contributed by atoms with van der Waals surface area (Å²) in [6, 6.07) is 1.94. The maximum absolute atomic E-state index is 12.8. The smallest absolute Gasteiger partial charge is 0.413 e. The van der Waals surface area contributed by atoms with Gasteiger partial charge in [0.25, 0.3) is 5.91 Å². The number of carbonyl (C=O) groups is 2. The lowest BCUT2D eigenvalue weighted by Crippen LogP contribution is -2.56. The van der Waals surface area contributed by atoms with Crippen LogP contribution in [0.15, 0.2) is 11.8 Å². The SMILES string of the molecule is CCOC(=O)N(/C=C(/C#N)C(=O)NC(C)C12CC3CC(CC(C3)C1)C2)CCN. The summed E-state index contributed by atoms with van der Waals surface area (Å²) in [5.74, 6) is 1.94. The summed E-state index contributed by atoms with van der Waals surface area (Å²) in [6.45, 7) is 4.38. The van der Waals surface area contributed by atoms with Gasteiger partial charge in [-0.1, -0.05) is 0 Å². The first-order valence-corrected chi connectivity index (χ1v) is 10.5. The van der Waals surface area contributed by atoms with Gasteiger partial charge in [-0.25, -0.2) is 4.79 Å². The Balaban J connectivity index is 1.69. The molecule has 0 heterocycles. The molecule has 7 nitrogen and oxygen atoms in total. The Kier molecular flexibility index (Phi) is 6.29. The first-order chi connectivity index (χ1) is 13.4. The lowest BCUT2D eigenvalue weighted by molar-refractivity contribution is -0.122. The molecule has 4 rings (SSSR count). The van der Waals surface area contributed by atoms with Crippen LogP contribution < -0.4 is 11.1 Å². The first-order valence-electron chi connectivity index (χ1n) is 10.5. The third kappa shape index (κ3) is 4.17. The minimum absolute atomic E-state index is 0.00991. The standard InChI is InChI=1S/C21H32N4O3/c1-3-28-20(27)25(5-4-22)13-18(12-23)19(26)24-14(2)21-9-15-6-16(10-21)8-17(7-15)11-21/h13-17H,3-11,22H2,1-2H3,(H,24,26)/b18-13-. The van der Waals surface area contributed by atoms with E-state index in [2.05, 4.69) is 12.2 Å². The normalized spacial score (nSPS) is 31.8. The van der Waals surface area contributed by atoms with Crippen molar-refractivity contribution in [3.63, 3.8) is 0 Å². The van der Waals surface area contributed by atoms with Crippen LogP contribution in [-0.4, -0.2) is 42.6 Å². The van der Waals surface area contributed by atoms with Crippen LogP contribution in [-0.2, 0) is 9.53 Å². The molecule has 4 saturated carbocycles. The summed E-state index contributed by atoms with van der Waals surface area (Å²) in [4.78, 5) is 26.0. The minimum Gasteiger partial charge on any atom is -0.449 e. The number of nitrogens with one attached hydrogen (secondary N) is 1. The Morgan fingerprint density at radius 3 is 2.32 bits per heavy atom. The monoisotopic (exact) mass is 388 g/mol. The third-order valence-electron chi connectivity index (χ3n) is 6.87. The molecule has 0 aromatic carbocycles. The topological polar surface area (TPSA) is 108 Å². The fourth-order valence-corrected chi connectivity index (χ4v) is 5.98. The fraction of sp³-hybridized carbons (Fsp3) is 0.762. The van der Waals surface area contributed by atoms with Crippen LogP contribution in [0.2, 0.25) is 0 Å². The van der Waals surface area contributed by atoms with Crippen LogP contribution in [0.5, 0.6) is 0 Å². The molecule has 4 fully saturated rings. The third-order valence-corrected chi connectivity index (χ3v) is 6.87. The van der Waals surface area contributed by atoms with Crippen molar-refractivity contribution in [1.82, 2.24) is 10.2 Å². The molecule has 4 bridgehead atoms. The van der Waals surface area contributed by atoms with E-state index < -0.39 is 12.0 Å². The molecule has 0 aromatic rings. The van der Waals surface area contributed by atoms with Crippen LogP contribution in [0, 0.1) is 34.5 Å². The predicted molar refractivity (Wildman–Crippen MR) is 105 cm³/mol. The maximum atomic E-state index is 12.8. The van der Waals surface area contributed by atoms with Crippen molar-refractivity contribution in [3.8, 4) is 6.07 Å². The van der Waals surface area contributed by atoms with Gasteiger partial charge in [0, 0.05) is 25.3 Å². The van der Waals surface area contributed by atoms with Crippen molar-refractivity contribution < 1.29 is 14.3 Å². The molecular weight excluding hydrogens is 356 g/mol. The second-order valence-electron chi connectivity index (χ2n) is 8.81. The number of amides is 2. The Morgan fingerprint density at radius 2 is 1.86 bits per heavy atom. The van der Waals surface area contributed by atoms with E-state index in [1.54, 1.807) is 6.92 Å². The van der Waals surface area contributed by atoms with Gasteiger partial charge in [-0.2, -0.15) is 5.26 Å². The maximum Gasteiger partial charge on any atom is 0.413 e. The molecule has 1 unspecified atom stereocenters. The van der Waals surface area contributed by atoms with E-state index in [9.17, 15) is 14.9 Å². The van der Waals surface area contributed by atoms with Gasteiger partial charge in [-0.3, -0.25) is 9.69 Å². The summed E-state index contributed by atoms with van der Waals surface area (Å²) in [5.41, 5.74) is 5.60. The Labute approximate surface area is 167 Å². The van der Waals surface area contributed by atoms with Crippen molar-refractivity contribution in [2.24, 2.45) is 28.9 Å². The molecule has 154 valence electrons. The van der Waals surface area contributed by atoms with Gasteiger partial charge in [0.1, 0.15) is 11.6 Å². The van der Waals surface area contributed by atoms with Crippen molar-refractivity contribution >= 4 is 12.0 Å². The molecule has 4 aliphatic rings. The van der Waals surface area contributed by atoms with Crippen LogP contribution >= 0.6 is 0 Å². The van der Waals surface area contributed by atoms with Gasteiger partial charge in [-0.15, -0.1) is 0 Å². The van der Waals surface area contributed by atoms with Crippen molar-refractivity contribution in [1.29, 1.82) is 5.26 Å². The van der Waals surface area contributed by atoms with E-state index in [0.29, 0.717) is 0 Å². The quantitative estimate of drug-likeness (QED) is 0.515. The zero-order valence-corrected chi connectivity index (χ0v) is 16.9. The van der Waals surface area contributed by atoms with Crippen LogP contribution in [0.3, 0.4) is 0 Å². The number of nitrogens with zero attached hydrogens (tertiary/aromatic N) is 2. The Morgan fingerprint density at radius 1 is 1.29 bits per heavy atom. The van der Waals surface area contributed by atoms with Gasteiger partial charge >= 0.3 is 6.09 Å². The largest absolute Gasteiger partial charge is 0.449 e. The predicted octanol–water partition coefficient (Wildman–Crippen LogP) is 2.53. The van der Waals surface area contributed by atoms with E-state index >= 15 is 0 Å². The molecule has 0 radical (unpaired) electrons. The molecule has 1 atom stereocenters. The highest BCUT2D eigenvalue weighted by Gasteiger charge is 2.53. The highest BCUT2D eigenvalue weighted by Crippen LogP contribution is 2.61. The van der Waals surface area contributed by atoms with Crippen LogP contribution in [0.1, 0.15) is 52.4 Å². The van der Waals surface area contributed by atoms with Crippen LogP contribution in [0.4, 0.5) is 4.79 Å². The molecule has 7 heteroatoms. The molecule has 0 spiro atoms. The van der Waals surface area contributed by atoms with Gasteiger partial charge in [0.2, 0.25) is 0 Å². The molecule has 2 amide bonds. The Bertz CT molecular complexity index is 646. The molecule has 0 saturated heterocycles. The van der Waals surface area contributed by atoms with Crippen molar-refractivity contribution in [3.05, 3.63) is 11.8 Å². The molecular formula is C21H32N4O3. The second-order valence-corrected chi connectivity index (χ2v) is 8.81. The van der Waals surface area contributed by atoms with E-state index in [1.807, 2.05) is 6.07 Å². The number of hydrogen-bond donors (Lipinski definition) is 2. The van der Waals surface area contributed by atoms with E-state index in [-0.39, 0.29) is 36.7 Å². The number of carbonyl (C=O) groups excluding carboxylic acids is 2. The molecule has 0 aromatic heterocycles. The number of hydrogen-bond acceptors (Lipinski definition) is 5. The number of nitrogens with two attached hydrogens (primary N) is 1. The van der Waals surface area contributed by atoms with Gasteiger partial charge in [-0.05, 0) is 75.5 Å². The zero-order valence-electron chi connectivity index (χ0n) is 16.9. The number of ether oxygens (including phenoxy) is 1. The number of rotatable bonds is 7. The Hall–Kier alpha value is -2.07. The van der Waals surface area contributed by atoms with Gasteiger partial charge in [0.15, 0.2) is 0 Å². The minimum atomic E-state index is -0.609. The lowest BCUT2D eigenvalue weighted by atomic mass is 9.48. The average Bonchev–Trinajstić information content (AvgIpc) is 2.64.